The van der Waals surface area contributed by atoms with Crippen LogP contribution in [0.1, 0.15) is 29.6 Å². The minimum atomic E-state index is -0.124. The first-order chi connectivity index (χ1) is 8.63. The Morgan fingerprint density at radius 2 is 2.10 bits per heavy atom. The molecule has 2 bridgehead atoms. The van der Waals surface area contributed by atoms with Crippen LogP contribution < -0.4 is 16.4 Å². The predicted molar refractivity (Wildman–Crippen MR) is 82.8 cm³/mol. The van der Waals surface area contributed by atoms with Gasteiger partial charge in [-0.2, -0.15) is 0 Å². The molecule has 5 N–H and O–H groups in total. The average Bonchev–Trinajstić information content (AvgIpc) is 2.94. The Balaban J connectivity index is 0.000001000. The number of hydrogen-bond donors (Lipinski definition) is 4. The maximum Gasteiger partial charge on any atom is 0.251 e. The van der Waals surface area contributed by atoms with Crippen LogP contribution in [-0.2, 0) is 0 Å². The Morgan fingerprint density at radius 3 is 2.65 bits per heavy atom. The molecule has 2 saturated heterocycles. The van der Waals surface area contributed by atoms with Crippen molar-refractivity contribution in [3.05, 3.63) is 23.8 Å². The smallest absolute Gasteiger partial charge is 0.251 e. The van der Waals surface area contributed by atoms with Crippen molar-refractivity contribution in [1.29, 1.82) is 0 Å². The second kappa shape index (κ2) is 6.52. The summed E-state index contributed by atoms with van der Waals surface area (Å²) in [4.78, 5) is 12.1. The summed E-state index contributed by atoms with van der Waals surface area (Å²) < 4.78 is 0. The Labute approximate surface area is 130 Å². The van der Waals surface area contributed by atoms with Crippen molar-refractivity contribution in [2.75, 3.05) is 5.73 Å². The third-order valence-electron chi connectivity index (χ3n) is 3.91. The number of aromatic hydroxyl groups is 1. The second-order valence-electron chi connectivity index (χ2n) is 5.14. The fraction of sp³-hybridized carbons (Fsp3) is 0.462. The van der Waals surface area contributed by atoms with Gasteiger partial charge in [0.05, 0.1) is 5.69 Å². The number of hydrogen-bond acceptors (Lipinski definition) is 4. The number of halogens is 2. The molecule has 0 radical (unpaired) electrons. The van der Waals surface area contributed by atoms with Crippen molar-refractivity contribution in [3.8, 4) is 5.75 Å². The van der Waals surface area contributed by atoms with Crippen LogP contribution in [-0.4, -0.2) is 29.1 Å². The normalized spacial score (nSPS) is 26.5. The molecule has 3 rings (SSSR count). The third kappa shape index (κ3) is 3.11. The van der Waals surface area contributed by atoms with Crippen LogP contribution in [0.4, 0.5) is 5.69 Å². The van der Waals surface area contributed by atoms with Gasteiger partial charge in [-0.15, -0.1) is 24.8 Å². The summed E-state index contributed by atoms with van der Waals surface area (Å²) >= 11 is 0. The summed E-state index contributed by atoms with van der Waals surface area (Å²) in [5.74, 6) is -0.116. The number of amides is 1. The van der Waals surface area contributed by atoms with E-state index in [4.69, 9.17) is 5.73 Å². The zero-order valence-electron chi connectivity index (χ0n) is 10.8. The molecule has 0 spiro atoms. The molecular weight excluding hydrogens is 301 g/mol. The van der Waals surface area contributed by atoms with Crippen molar-refractivity contribution in [2.24, 2.45) is 0 Å². The lowest BCUT2D eigenvalue weighted by atomic mass is 9.95. The fourth-order valence-corrected chi connectivity index (χ4v) is 2.93. The molecule has 2 fully saturated rings. The highest BCUT2D eigenvalue weighted by atomic mass is 35.5. The minimum Gasteiger partial charge on any atom is -0.506 e. The van der Waals surface area contributed by atoms with E-state index >= 15 is 0 Å². The molecule has 7 heteroatoms. The van der Waals surface area contributed by atoms with Gasteiger partial charge < -0.3 is 21.5 Å². The molecule has 0 aromatic heterocycles. The quantitative estimate of drug-likeness (QED) is 0.490. The minimum absolute atomic E-state index is 0. The summed E-state index contributed by atoms with van der Waals surface area (Å²) in [6, 6.07) is 5.72. The van der Waals surface area contributed by atoms with Gasteiger partial charge in [0.25, 0.3) is 5.91 Å². The summed E-state index contributed by atoms with van der Waals surface area (Å²) in [5.41, 5.74) is 6.31. The van der Waals surface area contributed by atoms with Crippen molar-refractivity contribution < 1.29 is 9.90 Å². The number of nitrogens with two attached hydrogens (primary N) is 1. The molecule has 5 nitrogen and oxygen atoms in total. The number of anilines is 1. The number of phenols is 1. The van der Waals surface area contributed by atoms with Gasteiger partial charge in [0.1, 0.15) is 5.75 Å². The number of nitrogens with one attached hydrogen (secondary N) is 2. The van der Waals surface area contributed by atoms with E-state index < -0.39 is 0 Å². The van der Waals surface area contributed by atoms with Crippen molar-refractivity contribution in [3.63, 3.8) is 0 Å². The van der Waals surface area contributed by atoms with Crippen LogP contribution in [0.2, 0.25) is 0 Å². The molecule has 2 heterocycles. The summed E-state index contributed by atoms with van der Waals surface area (Å²) in [7, 11) is 0. The standard InChI is InChI=1S/C13H17N3O2.2ClH/c14-9-5-7(1-4-12(9)17)13(18)16-11-6-8-2-3-10(11)15-8;;/h1,4-5,8,10-11,15,17H,2-3,6,14H2,(H,16,18);2*1H/t8?,10?,11-;;/m1../s1. The third-order valence-corrected chi connectivity index (χ3v) is 3.91. The molecule has 20 heavy (non-hydrogen) atoms. The number of fused-ring (bicyclic) bond motifs is 2. The molecule has 2 aliphatic rings. The number of nitrogen functional groups attached to an aromatic ring is 1. The highest BCUT2D eigenvalue weighted by molar-refractivity contribution is 5.95. The Kier molecular flexibility index (Phi) is 5.50. The Hall–Kier alpha value is -1.17. The van der Waals surface area contributed by atoms with E-state index in [0.29, 0.717) is 17.6 Å². The van der Waals surface area contributed by atoms with Gasteiger partial charge in [-0.05, 0) is 37.5 Å². The lowest BCUT2D eigenvalue weighted by Crippen LogP contribution is -2.42. The van der Waals surface area contributed by atoms with Gasteiger partial charge in [-0.25, -0.2) is 0 Å². The monoisotopic (exact) mass is 319 g/mol. The van der Waals surface area contributed by atoms with E-state index in [0.717, 1.165) is 12.8 Å². The molecule has 1 aromatic rings. The molecule has 3 atom stereocenters. The number of carbonyl (C=O) groups is 1. The average molecular weight is 320 g/mol. The number of carbonyl (C=O) groups excluding carboxylic acids is 1. The van der Waals surface area contributed by atoms with Gasteiger partial charge in [0.2, 0.25) is 0 Å². The predicted octanol–water partition coefficient (Wildman–Crippen LogP) is 1.44. The number of phenolic OH excluding ortho intramolecular Hbond substituents is 1. The van der Waals surface area contributed by atoms with Crippen molar-refractivity contribution in [1.82, 2.24) is 10.6 Å². The van der Waals surface area contributed by atoms with E-state index in [1.807, 2.05) is 0 Å². The van der Waals surface area contributed by atoms with E-state index in [2.05, 4.69) is 10.6 Å². The van der Waals surface area contributed by atoms with Crippen LogP contribution in [0.15, 0.2) is 18.2 Å². The second-order valence-corrected chi connectivity index (χ2v) is 5.14. The topological polar surface area (TPSA) is 87.4 Å². The molecule has 0 saturated carbocycles. The zero-order chi connectivity index (χ0) is 12.7. The SMILES string of the molecule is Cl.Cl.Nc1cc(C(=O)N[C@@H]2CC3CCC2N3)ccc1O. The zero-order valence-corrected chi connectivity index (χ0v) is 12.5. The first-order valence-corrected chi connectivity index (χ1v) is 6.29. The number of rotatable bonds is 2. The van der Waals surface area contributed by atoms with E-state index in [1.54, 1.807) is 6.07 Å². The highest BCUT2D eigenvalue weighted by Crippen LogP contribution is 2.28. The van der Waals surface area contributed by atoms with Gasteiger partial charge in [0.15, 0.2) is 0 Å². The molecule has 0 aliphatic carbocycles. The Morgan fingerprint density at radius 1 is 1.35 bits per heavy atom. The molecule has 112 valence electrons. The maximum atomic E-state index is 12.1. The van der Waals surface area contributed by atoms with E-state index in [1.165, 1.54) is 18.6 Å². The summed E-state index contributed by atoms with van der Waals surface area (Å²) in [6.45, 7) is 0. The van der Waals surface area contributed by atoms with Gasteiger partial charge >= 0.3 is 0 Å². The van der Waals surface area contributed by atoms with E-state index in [9.17, 15) is 9.90 Å². The molecule has 1 aromatic carbocycles. The summed E-state index contributed by atoms with van der Waals surface area (Å²) in [6.07, 6.45) is 3.35. The fourth-order valence-electron chi connectivity index (χ4n) is 2.93. The molecular formula is C13H19Cl2N3O2. The lowest BCUT2D eigenvalue weighted by molar-refractivity contribution is 0.0931. The Bertz CT molecular complexity index is 499. The van der Waals surface area contributed by atoms with Crippen LogP contribution in [0.5, 0.6) is 5.75 Å². The molecule has 1 amide bonds. The van der Waals surface area contributed by atoms with Gasteiger partial charge in [0, 0.05) is 23.7 Å². The first-order valence-electron chi connectivity index (χ1n) is 6.29. The van der Waals surface area contributed by atoms with Crippen LogP contribution in [0.25, 0.3) is 0 Å². The van der Waals surface area contributed by atoms with E-state index in [-0.39, 0.29) is 48.2 Å². The summed E-state index contributed by atoms with van der Waals surface area (Å²) in [5, 5.41) is 15.8. The maximum absolute atomic E-state index is 12.1. The largest absolute Gasteiger partial charge is 0.506 e. The van der Waals surface area contributed by atoms with Crippen molar-refractivity contribution >= 4 is 36.4 Å². The van der Waals surface area contributed by atoms with Crippen LogP contribution >= 0.6 is 24.8 Å². The highest BCUT2D eigenvalue weighted by Gasteiger charge is 2.39. The number of benzene rings is 1. The van der Waals surface area contributed by atoms with Crippen molar-refractivity contribution in [2.45, 2.75) is 37.4 Å². The molecule has 2 unspecified atom stereocenters. The lowest BCUT2D eigenvalue weighted by Gasteiger charge is -2.21. The van der Waals surface area contributed by atoms with Gasteiger partial charge in [-0.3, -0.25) is 4.79 Å². The van der Waals surface area contributed by atoms with Gasteiger partial charge in [-0.1, -0.05) is 0 Å². The first kappa shape index (κ1) is 16.9. The van der Waals surface area contributed by atoms with Crippen LogP contribution in [0.3, 0.4) is 0 Å². The molecule has 2 aliphatic heterocycles. The van der Waals surface area contributed by atoms with Crippen LogP contribution in [0, 0.1) is 0 Å².